The van der Waals surface area contributed by atoms with Gasteiger partial charge in [0.1, 0.15) is 11.5 Å². The van der Waals surface area contributed by atoms with E-state index in [0.29, 0.717) is 13.0 Å². The lowest BCUT2D eigenvalue weighted by Gasteiger charge is -2.19. The molecule has 138 valence electrons. The number of nitrogens with one attached hydrogen (secondary N) is 1. The first kappa shape index (κ1) is 18.3. The van der Waals surface area contributed by atoms with Crippen molar-refractivity contribution in [2.45, 2.75) is 32.4 Å². The van der Waals surface area contributed by atoms with E-state index >= 15 is 0 Å². The molecule has 1 aliphatic heterocycles. The molecule has 0 bridgehead atoms. The van der Waals surface area contributed by atoms with E-state index in [2.05, 4.69) is 24.4 Å². The fraction of sp³-hybridized carbons (Fsp3) is 0.381. The number of hydrogen-bond acceptors (Lipinski definition) is 4. The third kappa shape index (κ3) is 4.17. The molecule has 0 aromatic heterocycles. The molecule has 1 atom stereocenters. The zero-order chi connectivity index (χ0) is 18.5. The minimum Gasteiger partial charge on any atom is -0.497 e. The molecule has 0 aliphatic carbocycles. The molecule has 26 heavy (non-hydrogen) atoms. The van der Waals surface area contributed by atoms with E-state index in [-0.39, 0.29) is 11.9 Å². The van der Waals surface area contributed by atoms with Crippen LogP contribution in [0.2, 0.25) is 0 Å². The number of nitrogens with zero attached hydrogens (tertiary/aromatic N) is 1. The average molecular weight is 354 g/mol. The first-order valence-corrected chi connectivity index (χ1v) is 8.96. The van der Waals surface area contributed by atoms with Crippen LogP contribution in [-0.2, 0) is 11.3 Å². The van der Waals surface area contributed by atoms with Gasteiger partial charge in [0, 0.05) is 37.3 Å². The van der Waals surface area contributed by atoms with Gasteiger partial charge >= 0.3 is 0 Å². The Morgan fingerprint density at radius 2 is 1.73 bits per heavy atom. The first-order valence-electron chi connectivity index (χ1n) is 8.96. The summed E-state index contributed by atoms with van der Waals surface area (Å²) in [6.07, 6.45) is 1.60. The maximum absolute atomic E-state index is 11.9. The lowest BCUT2D eigenvalue weighted by molar-refractivity contribution is -0.117. The quantitative estimate of drug-likeness (QED) is 0.824. The first-order chi connectivity index (χ1) is 12.6. The third-order valence-electron chi connectivity index (χ3n) is 4.80. The maximum atomic E-state index is 11.9. The van der Waals surface area contributed by atoms with Crippen LogP contribution in [0.1, 0.15) is 36.9 Å². The van der Waals surface area contributed by atoms with Crippen molar-refractivity contribution in [1.29, 1.82) is 0 Å². The summed E-state index contributed by atoms with van der Waals surface area (Å²) >= 11 is 0. The number of carbonyl (C=O) groups excluding carboxylic acids is 1. The van der Waals surface area contributed by atoms with Gasteiger partial charge in [0.25, 0.3) is 0 Å². The van der Waals surface area contributed by atoms with E-state index in [0.717, 1.165) is 35.7 Å². The zero-order valence-electron chi connectivity index (χ0n) is 15.6. The summed E-state index contributed by atoms with van der Waals surface area (Å²) < 4.78 is 10.6. The van der Waals surface area contributed by atoms with Crippen LogP contribution in [0.4, 0.5) is 5.69 Å². The Morgan fingerprint density at radius 3 is 2.27 bits per heavy atom. The van der Waals surface area contributed by atoms with Crippen LogP contribution in [-0.4, -0.2) is 26.7 Å². The van der Waals surface area contributed by atoms with Crippen LogP contribution >= 0.6 is 0 Å². The van der Waals surface area contributed by atoms with Crippen molar-refractivity contribution in [2.75, 3.05) is 25.7 Å². The summed E-state index contributed by atoms with van der Waals surface area (Å²) in [5.41, 5.74) is 3.28. The van der Waals surface area contributed by atoms with Gasteiger partial charge in [-0.15, -0.1) is 0 Å². The summed E-state index contributed by atoms with van der Waals surface area (Å²) in [5, 5.41) is 3.52. The minimum atomic E-state index is 0.190. The standard InChI is InChI=1S/C21H26N2O3/c1-15(22-14-16-11-19(25-2)13-20(12-16)26-3)17-6-8-18(9-7-17)23-10-4-5-21(23)24/h6-9,11-13,15,22H,4-5,10,14H2,1-3H3. The molecule has 1 saturated heterocycles. The fourth-order valence-electron chi connectivity index (χ4n) is 3.22. The second kappa shape index (κ2) is 8.23. The molecule has 2 aromatic carbocycles. The van der Waals surface area contributed by atoms with Gasteiger partial charge in [-0.05, 0) is 48.7 Å². The van der Waals surface area contributed by atoms with Crippen molar-refractivity contribution in [3.05, 3.63) is 53.6 Å². The number of hydrogen-bond donors (Lipinski definition) is 1. The Bertz CT molecular complexity index is 736. The molecular formula is C21H26N2O3. The van der Waals surface area contributed by atoms with Crippen molar-refractivity contribution in [3.63, 3.8) is 0 Å². The van der Waals surface area contributed by atoms with E-state index in [9.17, 15) is 4.79 Å². The summed E-state index contributed by atoms with van der Waals surface area (Å²) in [7, 11) is 3.31. The number of ether oxygens (including phenoxy) is 2. The predicted molar refractivity (Wildman–Crippen MR) is 103 cm³/mol. The largest absolute Gasteiger partial charge is 0.497 e. The summed E-state index contributed by atoms with van der Waals surface area (Å²) in [6.45, 7) is 3.66. The topological polar surface area (TPSA) is 50.8 Å². The van der Waals surface area contributed by atoms with Gasteiger partial charge in [-0.2, -0.15) is 0 Å². The SMILES string of the molecule is COc1cc(CNC(C)c2ccc(N3CCCC3=O)cc2)cc(OC)c1. The monoisotopic (exact) mass is 354 g/mol. The highest BCUT2D eigenvalue weighted by Crippen LogP contribution is 2.25. The molecule has 0 saturated carbocycles. The number of rotatable bonds is 7. The maximum Gasteiger partial charge on any atom is 0.227 e. The molecule has 1 fully saturated rings. The molecule has 1 unspecified atom stereocenters. The molecule has 0 spiro atoms. The van der Waals surface area contributed by atoms with Gasteiger partial charge in [-0.3, -0.25) is 4.79 Å². The molecule has 1 aliphatic rings. The van der Waals surface area contributed by atoms with E-state index < -0.39 is 0 Å². The molecule has 1 amide bonds. The third-order valence-corrected chi connectivity index (χ3v) is 4.80. The fourth-order valence-corrected chi connectivity index (χ4v) is 3.22. The summed E-state index contributed by atoms with van der Waals surface area (Å²) in [5.74, 6) is 1.79. The van der Waals surface area contributed by atoms with Crippen molar-refractivity contribution in [2.24, 2.45) is 0 Å². The lowest BCUT2D eigenvalue weighted by atomic mass is 10.1. The van der Waals surface area contributed by atoms with Crippen molar-refractivity contribution >= 4 is 11.6 Å². The smallest absolute Gasteiger partial charge is 0.227 e. The minimum absolute atomic E-state index is 0.190. The number of benzene rings is 2. The van der Waals surface area contributed by atoms with Gasteiger partial charge in [0.05, 0.1) is 14.2 Å². The molecule has 3 rings (SSSR count). The van der Waals surface area contributed by atoms with Gasteiger partial charge in [0.15, 0.2) is 0 Å². The van der Waals surface area contributed by atoms with Crippen molar-refractivity contribution in [1.82, 2.24) is 5.32 Å². The second-order valence-electron chi connectivity index (χ2n) is 6.56. The average Bonchev–Trinajstić information content (AvgIpc) is 3.11. The van der Waals surface area contributed by atoms with Crippen LogP contribution in [0.3, 0.4) is 0 Å². The Kier molecular flexibility index (Phi) is 5.78. The highest BCUT2D eigenvalue weighted by molar-refractivity contribution is 5.95. The van der Waals surface area contributed by atoms with Gasteiger partial charge in [0.2, 0.25) is 5.91 Å². The van der Waals surface area contributed by atoms with Gasteiger partial charge in [-0.25, -0.2) is 0 Å². The molecule has 2 aromatic rings. The van der Waals surface area contributed by atoms with E-state index in [4.69, 9.17) is 9.47 Å². The van der Waals surface area contributed by atoms with E-state index in [1.165, 1.54) is 5.56 Å². The Labute approximate surface area is 154 Å². The summed E-state index contributed by atoms with van der Waals surface area (Å²) in [4.78, 5) is 13.7. The van der Waals surface area contributed by atoms with Gasteiger partial charge < -0.3 is 19.7 Å². The molecular weight excluding hydrogens is 328 g/mol. The second-order valence-corrected chi connectivity index (χ2v) is 6.56. The number of amides is 1. The van der Waals surface area contributed by atoms with Crippen LogP contribution in [0, 0.1) is 0 Å². The van der Waals surface area contributed by atoms with Gasteiger partial charge in [-0.1, -0.05) is 12.1 Å². The normalized spacial score (nSPS) is 15.2. The number of anilines is 1. The molecule has 1 N–H and O–H groups in total. The summed E-state index contributed by atoms with van der Waals surface area (Å²) in [6, 6.07) is 14.3. The zero-order valence-corrected chi connectivity index (χ0v) is 15.6. The van der Waals surface area contributed by atoms with Crippen molar-refractivity contribution in [3.8, 4) is 11.5 Å². The highest BCUT2D eigenvalue weighted by Gasteiger charge is 2.21. The Hall–Kier alpha value is -2.53. The van der Waals surface area contributed by atoms with Crippen LogP contribution in [0.25, 0.3) is 0 Å². The molecule has 5 nitrogen and oxygen atoms in total. The van der Waals surface area contributed by atoms with Crippen LogP contribution in [0.5, 0.6) is 11.5 Å². The number of methoxy groups -OCH3 is 2. The van der Waals surface area contributed by atoms with Crippen molar-refractivity contribution < 1.29 is 14.3 Å². The Balaban J connectivity index is 1.63. The van der Waals surface area contributed by atoms with Crippen LogP contribution in [0.15, 0.2) is 42.5 Å². The van der Waals surface area contributed by atoms with E-state index in [1.54, 1.807) is 14.2 Å². The highest BCUT2D eigenvalue weighted by atomic mass is 16.5. The molecule has 5 heteroatoms. The number of carbonyl (C=O) groups is 1. The molecule has 0 radical (unpaired) electrons. The molecule has 1 heterocycles. The van der Waals surface area contributed by atoms with E-state index in [1.807, 2.05) is 35.2 Å². The predicted octanol–water partition coefficient (Wildman–Crippen LogP) is 3.68. The van der Waals surface area contributed by atoms with Crippen LogP contribution < -0.4 is 19.7 Å². The lowest BCUT2D eigenvalue weighted by Crippen LogP contribution is -2.23. The Morgan fingerprint density at radius 1 is 1.08 bits per heavy atom.